The highest BCUT2D eigenvalue weighted by Crippen LogP contribution is 2.40. The maximum absolute atomic E-state index is 14.0. The fraction of sp³-hybridized carbons (Fsp3) is 0.444. The van der Waals surface area contributed by atoms with Crippen LogP contribution in [0.25, 0.3) is 10.4 Å². The first-order valence-corrected chi connectivity index (χ1v) is 9.48. The number of carbonyl (C=O) groups is 1. The first-order chi connectivity index (χ1) is 12.5. The van der Waals surface area contributed by atoms with Crippen molar-refractivity contribution in [2.75, 3.05) is 31.6 Å². The maximum atomic E-state index is 14.0. The number of benzene rings is 1. The molecule has 0 atom stereocenters. The lowest BCUT2D eigenvalue weighted by atomic mass is 9.73. The van der Waals surface area contributed by atoms with Crippen LogP contribution in [-0.2, 0) is 4.74 Å². The van der Waals surface area contributed by atoms with Crippen LogP contribution in [-0.4, -0.2) is 42.2 Å². The maximum Gasteiger partial charge on any atom is 0.412 e. The van der Waals surface area contributed by atoms with Gasteiger partial charge in [0.2, 0.25) is 0 Å². The Morgan fingerprint density at radius 2 is 1.96 bits per heavy atom. The van der Waals surface area contributed by atoms with E-state index in [2.05, 4.69) is 15.2 Å². The number of rotatable bonds is 4. The van der Waals surface area contributed by atoms with Crippen molar-refractivity contribution in [1.29, 1.82) is 0 Å². The Kier molecular flexibility index (Phi) is 5.98. The second-order valence-corrected chi connectivity index (χ2v) is 7.80. The first-order valence-electron chi connectivity index (χ1n) is 8.60. The quantitative estimate of drug-likeness (QED) is 0.796. The third kappa shape index (κ3) is 4.23. The van der Waals surface area contributed by atoms with E-state index in [0.717, 1.165) is 68.4 Å². The molecule has 0 unspecified atom stereocenters. The number of hydrogen-bond donors (Lipinski definition) is 1. The largest absolute Gasteiger partial charge is 0.449 e. The van der Waals surface area contributed by atoms with Crippen LogP contribution >= 0.6 is 23.7 Å². The second-order valence-electron chi connectivity index (χ2n) is 6.95. The number of nitrogens with zero attached hydrogens (tertiary/aromatic N) is 2. The van der Waals surface area contributed by atoms with Gasteiger partial charge >= 0.3 is 6.09 Å². The highest BCUT2D eigenvalue weighted by Gasteiger charge is 2.40. The average Bonchev–Trinajstić information content (AvgIpc) is 3.11. The Balaban J connectivity index is 0.00000210. The fourth-order valence-electron chi connectivity index (χ4n) is 3.66. The van der Waals surface area contributed by atoms with Gasteiger partial charge in [0, 0.05) is 11.0 Å². The number of nitrogens with one attached hydrogen (secondary N) is 1. The summed E-state index contributed by atoms with van der Waals surface area (Å²) in [5.41, 5.74) is 1.62. The Hall–Kier alpha value is -1.77. The van der Waals surface area contributed by atoms with Crippen molar-refractivity contribution in [1.82, 2.24) is 9.88 Å². The molecule has 0 aliphatic carbocycles. The zero-order chi connectivity index (χ0) is 18.1. The third-order valence-electron chi connectivity index (χ3n) is 5.35. The molecule has 27 heavy (non-hydrogen) atoms. The lowest BCUT2D eigenvalue weighted by Gasteiger charge is -2.47. The summed E-state index contributed by atoms with van der Waals surface area (Å²) >= 11 is 1.13. The van der Waals surface area contributed by atoms with Crippen molar-refractivity contribution in [2.24, 2.45) is 5.41 Å². The molecule has 2 bridgehead atoms. The topological polar surface area (TPSA) is 54.5 Å². The SMILES string of the molecule is Cl.O=C(Nc1ncsc1-c1cc(F)ccc1F)OCC12CCN(CC1)CC2. The molecule has 3 aliphatic heterocycles. The van der Waals surface area contributed by atoms with E-state index in [4.69, 9.17) is 4.74 Å². The van der Waals surface area contributed by atoms with Crippen molar-refractivity contribution in [3.05, 3.63) is 35.3 Å². The molecule has 3 fully saturated rings. The van der Waals surface area contributed by atoms with Crippen LogP contribution in [0.2, 0.25) is 0 Å². The third-order valence-corrected chi connectivity index (χ3v) is 6.21. The Morgan fingerprint density at radius 3 is 2.67 bits per heavy atom. The van der Waals surface area contributed by atoms with E-state index in [0.29, 0.717) is 11.5 Å². The van der Waals surface area contributed by atoms with Gasteiger partial charge in [-0.25, -0.2) is 18.6 Å². The minimum atomic E-state index is -0.615. The second kappa shape index (κ2) is 8.08. The number of piperidine rings is 3. The van der Waals surface area contributed by atoms with Crippen LogP contribution in [0, 0.1) is 17.0 Å². The van der Waals surface area contributed by atoms with Crippen LogP contribution < -0.4 is 5.32 Å². The first kappa shape index (κ1) is 20.0. The van der Waals surface area contributed by atoms with Crippen molar-refractivity contribution in [3.8, 4) is 10.4 Å². The van der Waals surface area contributed by atoms with Crippen LogP contribution in [0.5, 0.6) is 0 Å². The van der Waals surface area contributed by atoms with Gasteiger partial charge in [0.1, 0.15) is 11.6 Å². The van der Waals surface area contributed by atoms with Gasteiger partial charge < -0.3 is 9.64 Å². The number of aromatic nitrogens is 1. The van der Waals surface area contributed by atoms with E-state index >= 15 is 0 Å². The fourth-order valence-corrected chi connectivity index (χ4v) is 4.42. The molecule has 1 amide bonds. The Morgan fingerprint density at radius 1 is 1.26 bits per heavy atom. The number of fused-ring (bicyclic) bond motifs is 3. The minimum Gasteiger partial charge on any atom is -0.449 e. The molecule has 146 valence electrons. The number of thiazole rings is 1. The summed E-state index contributed by atoms with van der Waals surface area (Å²) in [6, 6.07) is 3.20. The van der Waals surface area contributed by atoms with Crippen LogP contribution in [0.3, 0.4) is 0 Å². The van der Waals surface area contributed by atoms with Gasteiger partial charge in [-0.15, -0.1) is 23.7 Å². The Labute approximate surface area is 166 Å². The minimum absolute atomic E-state index is 0. The average molecular weight is 416 g/mol. The molecular weight excluding hydrogens is 396 g/mol. The van der Waals surface area contributed by atoms with Gasteiger partial charge in [0.15, 0.2) is 5.82 Å². The lowest BCUT2D eigenvalue weighted by molar-refractivity contribution is -0.0190. The molecule has 9 heteroatoms. The summed E-state index contributed by atoms with van der Waals surface area (Å²) in [7, 11) is 0. The zero-order valence-electron chi connectivity index (χ0n) is 14.5. The molecule has 3 saturated heterocycles. The summed E-state index contributed by atoms with van der Waals surface area (Å²) in [4.78, 5) is 19.1. The molecule has 2 aromatic rings. The number of ether oxygens (including phenoxy) is 1. The molecule has 1 aromatic heterocycles. The zero-order valence-corrected chi connectivity index (χ0v) is 16.2. The van der Waals surface area contributed by atoms with Crippen molar-refractivity contribution >= 4 is 35.7 Å². The van der Waals surface area contributed by atoms with Crippen LogP contribution in [0.15, 0.2) is 23.7 Å². The van der Waals surface area contributed by atoms with Gasteiger partial charge in [-0.3, -0.25) is 5.32 Å². The molecule has 1 aromatic carbocycles. The van der Waals surface area contributed by atoms with E-state index in [1.807, 2.05) is 0 Å². The summed E-state index contributed by atoms with van der Waals surface area (Å²) in [5.74, 6) is -0.938. The van der Waals surface area contributed by atoms with Gasteiger partial charge in [-0.1, -0.05) is 0 Å². The van der Waals surface area contributed by atoms with Gasteiger partial charge in [0.25, 0.3) is 0 Å². The summed E-state index contributed by atoms with van der Waals surface area (Å²) in [6.45, 7) is 3.54. The van der Waals surface area contributed by atoms with Crippen LogP contribution in [0.1, 0.15) is 19.3 Å². The van der Waals surface area contributed by atoms with Gasteiger partial charge in [-0.05, 0) is 57.1 Å². The molecule has 1 N–H and O–H groups in total. The smallest absolute Gasteiger partial charge is 0.412 e. The van der Waals surface area contributed by atoms with E-state index in [9.17, 15) is 13.6 Å². The monoisotopic (exact) mass is 415 g/mol. The number of halogens is 3. The van der Waals surface area contributed by atoms with E-state index in [1.54, 1.807) is 0 Å². The number of anilines is 1. The van der Waals surface area contributed by atoms with Crippen molar-refractivity contribution in [2.45, 2.75) is 19.3 Å². The standard InChI is InChI=1S/C18H19F2N3O2S.ClH/c19-12-1-2-14(20)13(9-12)15-16(21-11-26-15)22-17(24)25-10-18-3-6-23(7-4-18)8-5-18;/h1-2,9,11H,3-8,10H2,(H,22,24);1H. The highest BCUT2D eigenvalue weighted by atomic mass is 35.5. The normalized spacial score (nSPS) is 23.6. The number of carbonyl (C=O) groups excluding carboxylic acids is 1. The highest BCUT2D eigenvalue weighted by molar-refractivity contribution is 7.13. The van der Waals surface area contributed by atoms with Crippen LogP contribution in [0.4, 0.5) is 19.4 Å². The van der Waals surface area contributed by atoms with Crippen molar-refractivity contribution in [3.63, 3.8) is 0 Å². The number of amides is 1. The lowest BCUT2D eigenvalue weighted by Crippen LogP contribution is -2.50. The molecule has 0 radical (unpaired) electrons. The Bertz CT molecular complexity index is 811. The van der Waals surface area contributed by atoms with Gasteiger partial charge in [-0.2, -0.15) is 0 Å². The molecule has 0 saturated carbocycles. The molecule has 3 aliphatic rings. The van der Waals surface area contributed by atoms with E-state index in [1.165, 1.54) is 5.51 Å². The van der Waals surface area contributed by atoms with E-state index < -0.39 is 17.7 Å². The molecule has 4 heterocycles. The molecule has 0 spiro atoms. The van der Waals surface area contributed by atoms with Crippen molar-refractivity contribution < 1.29 is 18.3 Å². The molecule has 5 nitrogen and oxygen atoms in total. The van der Waals surface area contributed by atoms with Gasteiger partial charge in [0.05, 0.1) is 17.0 Å². The molecular formula is C18H20ClF2N3O2S. The predicted molar refractivity (Wildman–Crippen MR) is 102 cm³/mol. The summed E-state index contributed by atoms with van der Waals surface area (Å²) < 4.78 is 32.9. The van der Waals surface area contributed by atoms with E-state index in [-0.39, 0.29) is 29.2 Å². The molecule has 5 rings (SSSR count). The summed E-state index contributed by atoms with van der Waals surface area (Å²) in [6.07, 6.45) is 2.50. The number of hydrogen-bond acceptors (Lipinski definition) is 5. The predicted octanol–water partition coefficient (Wildman–Crippen LogP) is 4.54. The summed E-state index contributed by atoms with van der Waals surface area (Å²) in [5, 5.41) is 2.57.